The Morgan fingerprint density at radius 1 is 1.14 bits per heavy atom. The molecule has 1 aliphatic heterocycles. The zero-order chi connectivity index (χ0) is 20.0. The molecular formula is C22H22ClN3O3. The third-order valence-electron chi connectivity index (χ3n) is 6.06. The maximum atomic E-state index is 13.1. The van der Waals surface area contributed by atoms with Crippen molar-refractivity contribution >= 4 is 35.0 Å². The van der Waals surface area contributed by atoms with Crippen LogP contribution in [0.2, 0.25) is 5.02 Å². The molecule has 2 heterocycles. The lowest BCUT2D eigenvalue weighted by Crippen LogP contribution is -2.46. The van der Waals surface area contributed by atoms with Crippen LogP contribution in [-0.4, -0.2) is 29.6 Å². The summed E-state index contributed by atoms with van der Waals surface area (Å²) < 4.78 is 5.43. The Morgan fingerprint density at radius 3 is 2.55 bits per heavy atom. The summed E-state index contributed by atoms with van der Waals surface area (Å²) in [5, 5.41) is 3.64. The number of amides is 2. The van der Waals surface area contributed by atoms with Crippen molar-refractivity contribution in [3.05, 3.63) is 52.8 Å². The van der Waals surface area contributed by atoms with Gasteiger partial charge in [0, 0.05) is 23.7 Å². The first kappa shape index (κ1) is 18.4. The lowest BCUT2D eigenvalue weighted by Gasteiger charge is -2.39. The van der Waals surface area contributed by atoms with Crippen molar-refractivity contribution in [1.29, 1.82) is 0 Å². The van der Waals surface area contributed by atoms with Crippen molar-refractivity contribution in [3.8, 4) is 0 Å². The number of halogens is 1. The summed E-state index contributed by atoms with van der Waals surface area (Å²) in [6.07, 6.45) is 4.90. The number of hydrogen-bond acceptors (Lipinski definition) is 4. The van der Waals surface area contributed by atoms with Crippen LogP contribution < -0.4 is 10.2 Å². The second kappa shape index (κ2) is 7.02. The van der Waals surface area contributed by atoms with E-state index in [4.69, 9.17) is 21.3 Å². The second-order valence-corrected chi connectivity index (χ2v) is 8.48. The molecule has 2 amide bonds. The molecule has 1 aromatic carbocycles. The van der Waals surface area contributed by atoms with E-state index in [2.05, 4.69) is 5.32 Å². The maximum absolute atomic E-state index is 13.1. The number of anilines is 2. The van der Waals surface area contributed by atoms with E-state index in [0.29, 0.717) is 18.0 Å². The van der Waals surface area contributed by atoms with Gasteiger partial charge in [0.2, 0.25) is 5.91 Å². The van der Waals surface area contributed by atoms with E-state index >= 15 is 0 Å². The van der Waals surface area contributed by atoms with Crippen LogP contribution in [-0.2, 0) is 21.4 Å². The molecule has 0 radical (unpaired) electrons. The van der Waals surface area contributed by atoms with Gasteiger partial charge in [-0.2, -0.15) is 0 Å². The molecule has 0 atom stereocenters. The minimum atomic E-state index is -0.614. The summed E-state index contributed by atoms with van der Waals surface area (Å²) in [6, 6.07) is 10.9. The minimum absolute atomic E-state index is 0.0403. The zero-order valence-corrected chi connectivity index (χ0v) is 16.7. The molecule has 0 bridgehead atoms. The third-order valence-corrected chi connectivity index (χ3v) is 6.31. The van der Waals surface area contributed by atoms with Crippen LogP contribution in [0.3, 0.4) is 0 Å². The number of carbonyl (C=O) groups excluding carboxylic acids is 2. The van der Waals surface area contributed by atoms with Crippen LogP contribution in [0.25, 0.3) is 0 Å². The number of carbonyl (C=O) groups is 2. The summed E-state index contributed by atoms with van der Waals surface area (Å²) in [6.45, 7) is 0.571. The number of nitrogens with zero attached hydrogens (tertiary/aromatic N) is 2. The first-order valence-electron chi connectivity index (χ1n) is 10.1. The summed E-state index contributed by atoms with van der Waals surface area (Å²) in [4.78, 5) is 32.0. The molecule has 2 aliphatic carbocycles. The largest absolute Gasteiger partial charge is 0.446 e. The van der Waals surface area contributed by atoms with E-state index in [-0.39, 0.29) is 18.1 Å². The quantitative estimate of drug-likeness (QED) is 0.806. The Kier molecular flexibility index (Phi) is 4.46. The van der Waals surface area contributed by atoms with E-state index in [9.17, 15) is 9.59 Å². The summed E-state index contributed by atoms with van der Waals surface area (Å²) in [7, 11) is 0. The third kappa shape index (κ3) is 3.35. The highest BCUT2D eigenvalue weighted by molar-refractivity contribution is 6.30. The number of hydrogen-bond donors (Lipinski definition) is 1. The summed E-state index contributed by atoms with van der Waals surface area (Å²) in [5.41, 5.74) is 2.55. The van der Waals surface area contributed by atoms with Gasteiger partial charge in [0.15, 0.2) is 0 Å². The molecule has 150 valence electrons. The topological polar surface area (TPSA) is 71.5 Å². The number of aromatic nitrogens is 1. The van der Waals surface area contributed by atoms with Gasteiger partial charge in [0.25, 0.3) is 0 Å². The van der Waals surface area contributed by atoms with Crippen molar-refractivity contribution in [2.24, 2.45) is 0 Å². The Morgan fingerprint density at radius 2 is 1.90 bits per heavy atom. The number of nitrogens with one attached hydrogen (secondary N) is 1. The van der Waals surface area contributed by atoms with Crippen molar-refractivity contribution in [2.75, 3.05) is 16.8 Å². The fourth-order valence-corrected chi connectivity index (χ4v) is 4.15. The van der Waals surface area contributed by atoms with Crippen molar-refractivity contribution in [2.45, 2.75) is 50.0 Å². The van der Waals surface area contributed by atoms with E-state index in [0.717, 1.165) is 54.9 Å². The number of pyridine rings is 1. The Balaban J connectivity index is 1.37. The van der Waals surface area contributed by atoms with Gasteiger partial charge >= 0.3 is 6.09 Å². The molecule has 5 rings (SSSR count). The van der Waals surface area contributed by atoms with Crippen LogP contribution in [0, 0.1) is 0 Å². The van der Waals surface area contributed by atoms with Crippen LogP contribution in [0.1, 0.15) is 43.5 Å². The predicted molar refractivity (Wildman–Crippen MR) is 110 cm³/mol. The molecule has 2 aromatic rings. The molecule has 2 saturated carbocycles. The highest BCUT2D eigenvalue weighted by Gasteiger charge is 2.47. The number of fused-ring (bicyclic) bond motifs is 1. The van der Waals surface area contributed by atoms with Gasteiger partial charge in [0.1, 0.15) is 6.10 Å². The summed E-state index contributed by atoms with van der Waals surface area (Å²) >= 11 is 5.93. The average molecular weight is 412 g/mol. The standard InChI is InChI=1S/C22H22ClN3O3/c23-14-2-4-15(5-3-14)24-20(27)22(11-1-12-22)19-9-8-18-17(25-19)10-13-26(18)21(28)29-16-6-7-16/h2-5,8-9,16H,1,6-7,10-13H2,(H,24,27). The van der Waals surface area contributed by atoms with Gasteiger partial charge in [-0.05, 0) is 62.1 Å². The Hall–Kier alpha value is -2.60. The van der Waals surface area contributed by atoms with E-state index in [1.54, 1.807) is 29.2 Å². The molecule has 2 fully saturated rings. The van der Waals surface area contributed by atoms with E-state index in [1.165, 1.54) is 0 Å². The molecule has 6 nitrogen and oxygen atoms in total. The lowest BCUT2D eigenvalue weighted by atomic mass is 9.65. The molecule has 29 heavy (non-hydrogen) atoms. The fourth-order valence-electron chi connectivity index (χ4n) is 4.02. The van der Waals surface area contributed by atoms with Crippen LogP contribution in [0.4, 0.5) is 16.2 Å². The predicted octanol–water partition coefficient (Wildman–Crippen LogP) is 4.46. The molecule has 3 aliphatic rings. The Bertz CT molecular complexity index is 968. The van der Waals surface area contributed by atoms with Gasteiger partial charge in [0.05, 0.1) is 22.5 Å². The van der Waals surface area contributed by atoms with Gasteiger partial charge in [-0.3, -0.25) is 14.7 Å². The molecule has 0 saturated heterocycles. The fraction of sp³-hybridized carbons (Fsp3) is 0.409. The lowest BCUT2D eigenvalue weighted by molar-refractivity contribution is -0.124. The van der Waals surface area contributed by atoms with E-state index in [1.807, 2.05) is 12.1 Å². The normalized spacial score (nSPS) is 19.3. The molecule has 1 N–H and O–H groups in total. The van der Waals surface area contributed by atoms with Crippen molar-refractivity contribution in [3.63, 3.8) is 0 Å². The second-order valence-electron chi connectivity index (χ2n) is 8.04. The van der Waals surface area contributed by atoms with Crippen molar-refractivity contribution < 1.29 is 14.3 Å². The van der Waals surface area contributed by atoms with Gasteiger partial charge in [-0.1, -0.05) is 18.0 Å². The average Bonchev–Trinajstić information content (AvgIpc) is 3.38. The van der Waals surface area contributed by atoms with Crippen LogP contribution >= 0.6 is 11.6 Å². The monoisotopic (exact) mass is 411 g/mol. The minimum Gasteiger partial charge on any atom is -0.446 e. The summed E-state index contributed by atoms with van der Waals surface area (Å²) in [5.74, 6) is -0.0403. The Labute approximate surface area is 174 Å². The van der Waals surface area contributed by atoms with Crippen molar-refractivity contribution in [1.82, 2.24) is 4.98 Å². The maximum Gasteiger partial charge on any atom is 0.414 e. The smallest absolute Gasteiger partial charge is 0.414 e. The van der Waals surface area contributed by atoms with Gasteiger partial charge in [-0.15, -0.1) is 0 Å². The first-order chi connectivity index (χ1) is 14.0. The molecule has 0 unspecified atom stereocenters. The molecule has 1 aromatic heterocycles. The molecule has 7 heteroatoms. The van der Waals surface area contributed by atoms with Gasteiger partial charge < -0.3 is 10.1 Å². The highest BCUT2D eigenvalue weighted by atomic mass is 35.5. The first-order valence-corrected chi connectivity index (χ1v) is 10.5. The zero-order valence-electron chi connectivity index (χ0n) is 16.0. The van der Waals surface area contributed by atoms with Crippen LogP contribution in [0.15, 0.2) is 36.4 Å². The SMILES string of the molecule is O=C(OC1CC1)N1CCc2nc(C3(C(=O)Nc4ccc(Cl)cc4)CCC3)ccc21. The molecule has 0 spiro atoms. The van der Waals surface area contributed by atoms with Gasteiger partial charge in [-0.25, -0.2) is 4.79 Å². The number of rotatable bonds is 4. The number of ether oxygens (including phenoxy) is 1. The van der Waals surface area contributed by atoms with E-state index < -0.39 is 5.41 Å². The molecular weight excluding hydrogens is 390 g/mol. The van der Waals surface area contributed by atoms with Crippen LogP contribution in [0.5, 0.6) is 0 Å². The highest BCUT2D eigenvalue weighted by Crippen LogP contribution is 2.45. The number of benzene rings is 1.